The van der Waals surface area contributed by atoms with E-state index >= 15 is 0 Å². The van der Waals surface area contributed by atoms with Crippen LogP contribution in [-0.2, 0) is 11.2 Å². The van der Waals surface area contributed by atoms with E-state index in [1.165, 1.54) is 40.6 Å². The second kappa shape index (κ2) is 8.61. The van der Waals surface area contributed by atoms with Gasteiger partial charge in [0.2, 0.25) is 0 Å². The van der Waals surface area contributed by atoms with Crippen molar-refractivity contribution in [2.45, 2.75) is 12.5 Å². The molecule has 1 heterocycles. The molecule has 1 aromatic heterocycles. The quantitative estimate of drug-likeness (QED) is 0.243. The zero-order valence-corrected chi connectivity index (χ0v) is 16.2. The molecule has 0 unspecified atom stereocenters. The lowest BCUT2D eigenvalue weighted by atomic mass is 9.99. The van der Waals surface area contributed by atoms with Crippen molar-refractivity contribution in [2.24, 2.45) is 0 Å². The molecule has 3 aromatic carbocycles. The lowest BCUT2D eigenvalue weighted by molar-refractivity contribution is -0.384. The smallest absolute Gasteiger partial charge is 0.338 e. The number of carbonyl (C=O) groups is 1. The third kappa shape index (κ3) is 4.22. The number of ether oxygens (including phenoxy) is 1. The Bertz CT molecular complexity index is 1160. The summed E-state index contributed by atoms with van der Waals surface area (Å²) in [5.41, 5.74) is 1.41. The van der Waals surface area contributed by atoms with Gasteiger partial charge in [-0.2, -0.15) is 0 Å². The third-order valence-electron chi connectivity index (χ3n) is 5.11. The van der Waals surface area contributed by atoms with Crippen molar-refractivity contribution in [1.29, 1.82) is 0 Å². The van der Waals surface area contributed by atoms with Crippen LogP contribution >= 0.6 is 0 Å². The largest absolute Gasteiger partial charge is 0.460 e. The molecular formula is C24H20N2O4. The van der Waals surface area contributed by atoms with Crippen LogP contribution in [0.15, 0.2) is 91.3 Å². The number of esters is 1. The predicted molar refractivity (Wildman–Crippen MR) is 114 cm³/mol. The van der Waals surface area contributed by atoms with Crippen LogP contribution in [0, 0.1) is 10.1 Å². The van der Waals surface area contributed by atoms with Gasteiger partial charge in [-0.3, -0.25) is 10.1 Å². The highest BCUT2D eigenvalue weighted by Crippen LogP contribution is 2.24. The molecule has 0 aliphatic rings. The zero-order valence-electron chi connectivity index (χ0n) is 16.2. The highest BCUT2D eigenvalue weighted by Gasteiger charge is 2.17. The molecule has 30 heavy (non-hydrogen) atoms. The third-order valence-corrected chi connectivity index (χ3v) is 5.11. The number of aromatic nitrogens is 1. The van der Waals surface area contributed by atoms with Crippen LogP contribution in [0.5, 0.6) is 0 Å². The van der Waals surface area contributed by atoms with Gasteiger partial charge in [0.05, 0.1) is 16.5 Å². The standard InChI is InChI=1S/C24H20N2O4/c27-24(19-10-12-21(13-11-19)26(28)29)30-17-22(25-14-3-4-15-25)16-20-8-5-7-18-6-1-2-9-23(18)20/h1-15,22H,16-17H2/t22-/m0/s1. The SMILES string of the molecule is O=C(OC[C@H](Cc1cccc2ccccc12)n1cccc1)c1ccc([N+](=O)[O-])cc1. The van der Waals surface area contributed by atoms with Crippen LogP contribution in [0.1, 0.15) is 22.0 Å². The fraction of sp³-hybridized carbons (Fsp3) is 0.125. The maximum absolute atomic E-state index is 12.5. The van der Waals surface area contributed by atoms with Gasteiger partial charge in [-0.25, -0.2) is 4.79 Å². The molecule has 0 bridgehead atoms. The number of benzene rings is 3. The second-order valence-corrected chi connectivity index (χ2v) is 7.03. The Balaban J connectivity index is 1.52. The Labute approximate surface area is 173 Å². The molecule has 6 heteroatoms. The van der Waals surface area contributed by atoms with E-state index in [0.717, 1.165) is 0 Å². The Kier molecular flexibility index (Phi) is 5.57. The lowest BCUT2D eigenvalue weighted by Gasteiger charge is -2.20. The zero-order chi connectivity index (χ0) is 20.9. The number of fused-ring (bicyclic) bond motifs is 1. The molecular weight excluding hydrogens is 380 g/mol. The topological polar surface area (TPSA) is 74.4 Å². The first-order valence-electron chi connectivity index (χ1n) is 9.62. The number of nitrogens with zero attached hydrogens (tertiary/aromatic N) is 2. The maximum Gasteiger partial charge on any atom is 0.338 e. The minimum Gasteiger partial charge on any atom is -0.460 e. The molecule has 6 nitrogen and oxygen atoms in total. The van der Waals surface area contributed by atoms with E-state index in [-0.39, 0.29) is 23.9 Å². The maximum atomic E-state index is 12.5. The molecule has 4 aromatic rings. The number of non-ortho nitro benzene ring substituents is 1. The van der Waals surface area contributed by atoms with Crippen molar-refractivity contribution in [3.63, 3.8) is 0 Å². The van der Waals surface area contributed by atoms with Crippen LogP contribution in [0.2, 0.25) is 0 Å². The van der Waals surface area contributed by atoms with Crippen LogP contribution in [-0.4, -0.2) is 22.1 Å². The molecule has 0 saturated carbocycles. The summed E-state index contributed by atoms with van der Waals surface area (Å²) in [6.07, 6.45) is 4.61. The van der Waals surface area contributed by atoms with Gasteiger partial charge in [-0.1, -0.05) is 42.5 Å². The molecule has 0 amide bonds. The number of rotatable bonds is 7. The molecule has 0 aliphatic carbocycles. The molecule has 0 spiro atoms. The normalized spacial score (nSPS) is 11.9. The van der Waals surface area contributed by atoms with Crippen molar-refractivity contribution in [2.75, 3.05) is 6.61 Å². The van der Waals surface area contributed by atoms with Crippen molar-refractivity contribution >= 4 is 22.4 Å². The molecule has 0 radical (unpaired) electrons. The molecule has 150 valence electrons. The Morgan fingerprint density at radius 1 is 0.933 bits per heavy atom. The van der Waals surface area contributed by atoms with Gasteiger partial charge in [-0.05, 0) is 47.0 Å². The average Bonchev–Trinajstić information content (AvgIpc) is 3.31. The Morgan fingerprint density at radius 3 is 2.37 bits per heavy atom. The summed E-state index contributed by atoms with van der Waals surface area (Å²) in [6.45, 7) is 0.188. The first-order valence-corrected chi connectivity index (χ1v) is 9.62. The van der Waals surface area contributed by atoms with E-state index in [9.17, 15) is 14.9 Å². The summed E-state index contributed by atoms with van der Waals surface area (Å²) in [4.78, 5) is 22.7. The predicted octanol–water partition coefficient (Wildman–Crippen LogP) is 5.19. The molecule has 0 saturated heterocycles. The van der Waals surface area contributed by atoms with E-state index in [0.29, 0.717) is 6.42 Å². The molecule has 0 aliphatic heterocycles. The van der Waals surface area contributed by atoms with Crippen molar-refractivity contribution in [1.82, 2.24) is 4.57 Å². The molecule has 0 N–H and O–H groups in total. The van der Waals surface area contributed by atoms with Crippen molar-refractivity contribution in [3.05, 3.63) is 112 Å². The van der Waals surface area contributed by atoms with Gasteiger partial charge in [0, 0.05) is 24.5 Å². The highest BCUT2D eigenvalue weighted by molar-refractivity contribution is 5.89. The van der Waals surface area contributed by atoms with Crippen LogP contribution in [0.3, 0.4) is 0 Å². The average molecular weight is 400 g/mol. The number of nitro groups is 1. The van der Waals surface area contributed by atoms with Crippen molar-refractivity contribution in [3.8, 4) is 0 Å². The summed E-state index contributed by atoms with van der Waals surface area (Å²) in [5.74, 6) is -0.500. The van der Waals surface area contributed by atoms with Crippen molar-refractivity contribution < 1.29 is 14.5 Å². The van der Waals surface area contributed by atoms with E-state index < -0.39 is 10.9 Å². The number of hydrogen-bond donors (Lipinski definition) is 0. The van der Waals surface area contributed by atoms with E-state index in [4.69, 9.17) is 4.74 Å². The summed E-state index contributed by atoms with van der Waals surface area (Å²) >= 11 is 0. The highest BCUT2D eigenvalue weighted by atomic mass is 16.6. The number of carbonyl (C=O) groups excluding carboxylic acids is 1. The van der Waals surface area contributed by atoms with E-state index in [1.807, 2.05) is 47.3 Å². The Morgan fingerprint density at radius 2 is 1.63 bits per heavy atom. The van der Waals surface area contributed by atoms with Gasteiger partial charge in [0.1, 0.15) is 6.61 Å². The number of nitro benzene ring substituents is 1. The fourth-order valence-corrected chi connectivity index (χ4v) is 3.54. The van der Waals surface area contributed by atoms with Gasteiger partial charge in [0.15, 0.2) is 0 Å². The molecule has 1 atom stereocenters. The second-order valence-electron chi connectivity index (χ2n) is 7.03. The summed E-state index contributed by atoms with van der Waals surface area (Å²) in [5, 5.41) is 13.1. The van der Waals surface area contributed by atoms with Gasteiger partial charge < -0.3 is 9.30 Å². The first-order chi connectivity index (χ1) is 14.6. The van der Waals surface area contributed by atoms with Crippen LogP contribution in [0.25, 0.3) is 10.8 Å². The minimum atomic E-state index is -0.500. The van der Waals surface area contributed by atoms with Gasteiger partial charge in [-0.15, -0.1) is 0 Å². The summed E-state index contributed by atoms with van der Waals surface area (Å²) in [6, 6.07) is 23.7. The minimum absolute atomic E-state index is 0.0623. The Hall–Kier alpha value is -3.93. The van der Waals surface area contributed by atoms with E-state index in [2.05, 4.69) is 24.3 Å². The first kappa shape index (κ1) is 19.4. The van der Waals surface area contributed by atoms with Gasteiger partial charge >= 0.3 is 5.97 Å². The van der Waals surface area contributed by atoms with Crippen LogP contribution < -0.4 is 0 Å². The van der Waals surface area contributed by atoms with E-state index in [1.54, 1.807) is 0 Å². The lowest BCUT2D eigenvalue weighted by Crippen LogP contribution is -2.19. The number of hydrogen-bond acceptors (Lipinski definition) is 4. The summed E-state index contributed by atoms with van der Waals surface area (Å²) in [7, 11) is 0. The fourth-order valence-electron chi connectivity index (χ4n) is 3.54. The monoisotopic (exact) mass is 400 g/mol. The van der Waals surface area contributed by atoms with Crippen LogP contribution in [0.4, 0.5) is 5.69 Å². The molecule has 4 rings (SSSR count). The molecule has 0 fully saturated rings. The summed E-state index contributed by atoms with van der Waals surface area (Å²) < 4.78 is 7.60. The van der Waals surface area contributed by atoms with Gasteiger partial charge in [0.25, 0.3) is 5.69 Å².